The van der Waals surface area contributed by atoms with E-state index in [1.165, 1.54) is 0 Å². The number of nitrogen functional groups attached to an aromatic ring is 1. The summed E-state index contributed by atoms with van der Waals surface area (Å²) in [4.78, 5) is 12.4. The van der Waals surface area contributed by atoms with Gasteiger partial charge in [0, 0.05) is 5.69 Å². The smallest absolute Gasteiger partial charge is 0.232 e. The lowest BCUT2D eigenvalue weighted by Gasteiger charge is -2.07. The van der Waals surface area contributed by atoms with Crippen LogP contribution in [0.25, 0.3) is 11.6 Å². The van der Waals surface area contributed by atoms with Crippen molar-refractivity contribution in [1.82, 2.24) is 15.0 Å². The second-order valence-corrected chi connectivity index (χ2v) is 5.93. The Labute approximate surface area is 159 Å². The van der Waals surface area contributed by atoms with E-state index in [0.29, 0.717) is 15.6 Å². The third kappa shape index (κ3) is 4.09. The first-order valence-corrected chi connectivity index (χ1v) is 8.22. The van der Waals surface area contributed by atoms with Crippen molar-refractivity contribution in [2.24, 2.45) is 0 Å². The first-order valence-electron chi connectivity index (χ1n) is 7.46. The van der Waals surface area contributed by atoms with Gasteiger partial charge in [0.05, 0.1) is 15.6 Å². The van der Waals surface area contributed by atoms with Crippen LogP contribution in [0.5, 0.6) is 0 Å². The average Bonchev–Trinajstić information content (AvgIpc) is 2.63. The van der Waals surface area contributed by atoms with E-state index < -0.39 is 0 Å². The summed E-state index contributed by atoms with van der Waals surface area (Å²) in [6.07, 6.45) is 1.55. The van der Waals surface area contributed by atoms with Gasteiger partial charge in [-0.25, -0.2) is 0 Å². The molecule has 2 aromatic carbocycles. The molecule has 0 saturated carbocycles. The number of nitrogens with two attached hydrogens (primary N) is 1. The maximum atomic E-state index is 9.52. The van der Waals surface area contributed by atoms with Crippen molar-refractivity contribution < 1.29 is 0 Å². The van der Waals surface area contributed by atoms with Crippen molar-refractivity contribution in [3.63, 3.8) is 0 Å². The molecule has 0 bridgehead atoms. The number of benzene rings is 2. The zero-order valence-electron chi connectivity index (χ0n) is 13.3. The molecule has 0 aliphatic heterocycles. The Kier molecular flexibility index (Phi) is 5.32. The Morgan fingerprint density at radius 2 is 1.81 bits per heavy atom. The molecular formula is C18H12Cl2N6. The van der Waals surface area contributed by atoms with E-state index in [-0.39, 0.29) is 23.3 Å². The summed E-state index contributed by atoms with van der Waals surface area (Å²) >= 11 is 12.2. The lowest BCUT2D eigenvalue weighted by molar-refractivity contribution is 1.04. The first kappa shape index (κ1) is 17.7. The minimum Gasteiger partial charge on any atom is -0.368 e. The van der Waals surface area contributed by atoms with E-state index in [0.717, 1.165) is 5.69 Å². The van der Waals surface area contributed by atoms with E-state index in [4.69, 9.17) is 28.9 Å². The van der Waals surface area contributed by atoms with Gasteiger partial charge in [-0.15, -0.1) is 0 Å². The predicted octanol–water partition coefficient (Wildman–Crippen LogP) is 4.57. The van der Waals surface area contributed by atoms with E-state index in [9.17, 15) is 5.26 Å². The number of para-hydroxylation sites is 1. The second kappa shape index (κ2) is 7.83. The van der Waals surface area contributed by atoms with Crippen molar-refractivity contribution in [3.05, 3.63) is 70.0 Å². The van der Waals surface area contributed by atoms with Crippen LogP contribution in [-0.4, -0.2) is 15.0 Å². The molecule has 0 aliphatic rings. The summed E-state index contributed by atoms with van der Waals surface area (Å²) in [7, 11) is 0. The number of hydrogen-bond acceptors (Lipinski definition) is 6. The standard InChI is InChI=1S/C18H12Cl2N6/c19-14-8-4-5-11(15(14)20)9-12(10-21)16-24-17(22)26-18(25-16)23-13-6-2-1-3-7-13/h1-9H,(H3,22,23,24,25,26)/b12-9+. The number of nitriles is 1. The SMILES string of the molecule is N#C/C(=C\c1cccc(Cl)c1Cl)c1nc(N)nc(Nc2ccccc2)n1. The highest BCUT2D eigenvalue weighted by Gasteiger charge is 2.11. The molecule has 0 unspecified atom stereocenters. The van der Waals surface area contributed by atoms with Gasteiger partial charge in [0.25, 0.3) is 0 Å². The molecule has 128 valence electrons. The lowest BCUT2D eigenvalue weighted by Crippen LogP contribution is -2.06. The van der Waals surface area contributed by atoms with Gasteiger partial charge in [-0.05, 0) is 29.8 Å². The van der Waals surface area contributed by atoms with Gasteiger partial charge < -0.3 is 11.1 Å². The zero-order valence-corrected chi connectivity index (χ0v) is 14.8. The molecule has 8 heteroatoms. The molecule has 3 N–H and O–H groups in total. The van der Waals surface area contributed by atoms with Gasteiger partial charge in [0.2, 0.25) is 11.9 Å². The Morgan fingerprint density at radius 1 is 1.04 bits per heavy atom. The van der Waals surface area contributed by atoms with Gasteiger partial charge in [0.1, 0.15) is 6.07 Å². The van der Waals surface area contributed by atoms with Crippen LogP contribution in [0, 0.1) is 11.3 Å². The number of aromatic nitrogens is 3. The number of nitrogens with one attached hydrogen (secondary N) is 1. The maximum absolute atomic E-state index is 9.52. The maximum Gasteiger partial charge on any atom is 0.232 e. The van der Waals surface area contributed by atoms with Crippen LogP contribution in [0.1, 0.15) is 11.4 Å². The summed E-state index contributed by atoms with van der Waals surface area (Å²) in [5, 5.41) is 13.3. The van der Waals surface area contributed by atoms with Crippen LogP contribution in [0.4, 0.5) is 17.6 Å². The van der Waals surface area contributed by atoms with E-state index >= 15 is 0 Å². The predicted molar refractivity (Wildman–Crippen MR) is 104 cm³/mol. The van der Waals surface area contributed by atoms with E-state index in [1.54, 1.807) is 24.3 Å². The summed E-state index contributed by atoms with van der Waals surface area (Å²) in [6.45, 7) is 0. The number of halogens is 2. The van der Waals surface area contributed by atoms with E-state index in [2.05, 4.69) is 26.3 Å². The molecule has 0 atom stereocenters. The number of hydrogen-bond donors (Lipinski definition) is 2. The molecule has 3 aromatic rings. The highest BCUT2D eigenvalue weighted by atomic mass is 35.5. The molecule has 3 rings (SSSR count). The zero-order chi connectivity index (χ0) is 18.5. The highest BCUT2D eigenvalue weighted by Crippen LogP contribution is 2.28. The minimum atomic E-state index is -0.00762. The van der Waals surface area contributed by atoms with E-state index in [1.807, 2.05) is 30.3 Å². The van der Waals surface area contributed by atoms with Gasteiger partial charge in [-0.2, -0.15) is 20.2 Å². The summed E-state index contributed by atoms with van der Waals surface area (Å²) in [5.74, 6) is 0.360. The van der Waals surface area contributed by atoms with Gasteiger partial charge in [-0.1, -0.05) is 53.5 Å². The highest BCUT2D eigenvalue weighted by molar-refractivity contribution is 6.43. The van der Waals surface area contributed by atoms with Crippen molar-refractivity contribution in [1.29, 1.82) is 5.26 Å². The van der Waals surface area contributed by atoms with Gasteiger partial charge in [0.15, 0.2) is 5.82 Å². The summed E-state index contributed by atoms with van der Waals surface area (Å²) in [5.41, 5.74) is 7.30. The van der Waals surface area contributed by atoms with Crippen molar-refractivity contribution >= 4 is 52.4 Å². The quantitative estimate of drug-likeness (QED) is 0.640. The average molecular weight is 383 g/mol. The number of rotatable bonds is 4. The van der Waals surface area contributed by atoms with Crippen molar-refractivity contribution in [2.45, 2.75) is 0 Å². The van der Waals surface area contributed by atoms with Crippen LogP contribution in [-0.2, 0) is 0 Å². The van der Waals surface area contributed by atoms with Gasteiger partial charge >= 0.3 is 0 Å². The molecule has 0 aliphatic carbocycles. The molecule has 26 heavy (non-hydrogen) atoms. The molecule has 0 amide bonds. The lowest BCUT2D eigenvalue weighted by atomic mass is 10.1. The molecule has 6 nitrogen and oxygen atoms in total. The molecule has 0 spiro atoms. The fourth-order valence-electron chi connectivity index (χ4n) is 2.15. The molecular weight excluding hydrogens is 371 g/mol. The minimum absolute atomic E-state index is 0.00762. The fourth-order valence-corrected chi connectivity index (χ4v) is 2.52. The third-order valence-electron chi connectivity index (χ3n) is 3.33. The largest absolute Gasteiger partial charge is 0.368 e. The van der Waals surface area contributed by atoms with Crippen LogP contribution < -0.4 is 11.1 Å². The topological polar surface area (TPSA) is 101 Å². The Morgan fingerprint density at radius 3 is 2.54 bits per heavy atom. The van der Waals surface area contributed by atoms with Gasteiger partial charge in [-0.3, -0.25) is 0 Å². The van der Waals surface area contributed by atoms with Crippen LogP contribution >= 0.6 is 23.2 Å². The molecule has 0 radical (unpaired) electrons. The van der Waals surface area contributed by atoms with Crippen molar-refractivity contribution in [2.75, 3.05) is 11.1 Å². The molecule has 1 heterocycles. The second-order valence-electron chi connectivity index (χ2n) is 5.14. The third-order valence-corrected chi connectivity index (χ3v) is 4.16. The first-order chi connectivity index (χ1) is 12.6. The summed E-state index contributed by atoms with van der Waals surface area (Å²) < 4.78 is 0. The van der Waals surface area contributed by atoms with Crippen molar-refractivity contribution in [3.8, 4) is 6.07 Å². The molecule has 0 fully saturated rings. The Bertz CT molecular complexity index is 1010. The normalized spacial score (nSPS) is 11.0. The number of anilines is 3. The number of nitrogens with zero attached hydrogens (tertiary/aromatic N) is 4. The Hall–Kier alpha value is -3.14. The summed E-state index contributed by atoms with van der Waals surface area (Å²) in [6, 6.07) is 16.5. The monoisotopic (exact) mass is 382 g/mol. The van der Waals surface area contributed by atoms with Crippen LogP contribution in [0.15, 0.2) is 48.5 Å². The Balaban J connectivity index is 2.00. The molecule has 1 aromatic heterocycles. The fraction of sp³-hybridized carbons (Fsp3) is 0. The molecule has 0 saturated heterocycles. The van der Waals surface area contributed by atoms with Crippen LogP contribution in [0.3, 0.4) is 0 Å². The number of allylic oxidation sites excluding steroid dienone is 1. The van der Waals surface area contributed by atoms with Crippen LogP contribution in [0.2, 0.25) is 10.0 Å².